The maximum Gasteiger partial charge on any atom is 0.407 e. The van der Waals surface area contributed by atoms with Crippen LogP contribution in [0.3, 0.4) is 0 Å². The number of hydrogen-bond acceptors (Lipinski definition) is 8. The molecule has 0 saturated heterocycles. The van der Waals surface area contributed by atoms with Crippen molar-refractivity contribution in [2.75, 3.05) is 26.5 Å². The van der Waals surface area contributed by atoms with Gasteiger partial charge in [0.25, 0.3) is 5.56 Å². The highest BCUT2D eigenvalue weighted by Gasteiger charge is 2.22. The summed E-state index contributed by atoms with van der Waals surface area (Å²) in [6, 6.07) is 11.8. The van der Waals surface area contributed by atoms with E-state index >= 15 is 0 Å². The van der Waals surface area contributed by atoms with Gasteiger partial charge in [0.15, 0.2) is 5.65 Å². The number of anilines is 1. The third-order valence-corrected chi connectivity index (χ3v) is 6.31. The van der Waals surface area contributed by atoms with Gasteiger partial charge in [-0.1, -0.05) is 42.5 Å². The van der Waals surface area contributed by atoms with Crippen LogP contribution in [0.25, 0.3) is 23.3 Å². The highest BCUT2D eigenvalue weighted by molar-refractivity contribution is 5.96. The Labute approximate surface area is 247 Å². The fraction of sp³-hybridized carbons (Fsp3) is 0.233. The first-order valence-corrected chi connectivity index (χ1v) is 13.4. The number of aromatic amines is 1. The molecule has 0 aliphatic rings. The van der Waals surface area contributed by atoms with E-state index in [0.29, 0.717) is 29.1 Å². The van der Waals surface area contributed by atoms with Crippen molar-refractivity contribution in [2.45, 2.75) is 25.4 Å². The molecule has 0 radical (unpaired) electrons. The predicted molar refractivity (Wildman–Crippen MR) is 162 cm³/mol. The van der Waals surface area contributed by atoms with Crippen LogP contribution in [0.15, 0.2) is 71.9 Å². The average molecular weight is 585 g/mol. The molecule has 0 aliphatic carbocycles. The fourth-order valence-electron chi connectivity index (χ4n) is 4.03. The lowest BCUT2D eigenvalue weighted by atomic mass is 10.1. The Balaban J connectivity index is 1.49. The van der Waals surface area contributed by atoms with Gasteiger partial charge in [0.2, 0.25) is 11.8 Å². The van der Waals surface area contributed by atoms with Crippen LogP contribution in [0.1, 0.15) is 29.9 Å². The van der Waals surface area contributed by atoms with E-state index in [0.717, 1.165) is 5.56 Å². The van der Waals surface area contributed by atoms with Gasteiger partial charge >= 0.3 is 6.09 Å². The van der Waals surface area contributed by atoms with E-state index in [1.807, 2.05) is 42.5 Å². The molecule has 0 spiro atoms. The molecule has 0 aliphatic heterocycles. The lowest BCUT2D eigenvalue weighted by molar-refractivity contribution is -0.123. The molecule has 1 atom stereocenters. The number of rotatable bonds is 11. The molecule has 0 fully saturated rings. The lowest BCUT2D eigenvalue weighted by Crippen LogP contribution is -2.44. The molecule has 3 N–H and O–H groups in total. The second-order valence-electron chi connectivity index (χ2n) is 9.63. The molecule has 4 aromatic rings. The van der Waals surface area contributed by atoms with Crippen molar-refractivity contribution >= 4 is 46.9 Å². The fourth-order valence-corrected chi connectivity index (χ4v) is 4.03. The number of carbonyl (C=O) groups excluding carboxylic acids is 3. The summed E-state index contributed by atoms with van der Waals surface area (Å²) < 4.78 is 6.03. The van der Waals surface area contributed by atoms with E-state index in [1.165, 1.54) is 35.0 Å². The number of alkyl carbamates (subject to hydrolysis) is 1. The number of hydrogen-bond donors (Lipinski definition) is 3. The van der Waals surface area contributed by atoms with E-state index in [-0.39, 0.29) is 24.6 Å². The van der Waals surface area contributed by atoms with Crippen molar-refractivity contribution in [3.63, 3.8) is 0 Å². The molecular formula is C30H32N8O5. The largest absolute Gasteiger partial charge is 0.453 e. The summed E-state index contributed by atoms with van der Waals surface area (Å²) in [5.74, 6) is -0.343. The van der Waals surface area contributed by atoms with Gasteiger partial charge in [-0.15, -0.1) is 0 Å². The van der Waals surface area contributed by atoms with Crippen molar-refractivity contribution in [3.05, 3.63) is 94.6 Å². The topological polar surface area (TPSA) is 164 Å². The Morgan fingerprint density at radius 2 is 1.88 bits per heavy atom. The highest BCUT2D eigenvalue weighted by atomic mass is 16.5. The predicted octanol–water partition coefficient (Wildman–Crippen LogP) is 2.82. The van der Waals surface area contributed by atoms with Gasteiger partial charge in [0, 0.05) is 20.3 Å². The lowest BCUT2D eigenvalue weighted by Gasteiger charge is -2.17. The van der Waals surface area contributed by atoms with Gasteiger partial charge in [0.1, 0.15) is 29.4 Å². The van der Waals surface area contributed by atoms with E-state index in [1.54, 1.807) is 32.4 Å². The molecule has 4 rings (SSSR count). The van der Waals surface area contributed by atoms with Gasteiger partial charge in [-0.25, -0.2) is 19.7 Å². The summed E-state index contributed by atoms with van der Waals surface area (Å²) in [6.45, 7) is 0.0787. The van der Waals surface area contributed by atoms with Crippen LogP contribution in [-0.4, -0.2) is 74.6 Å². The second-order valence-corrected chi connectivity index (χ2v) is 9.63. The molecule has 3 aromatic heterocycles. The Hall–Kier alpha value is -5.59. The number of nitrogens with zero attached hydrogens (tertiary/aromatic N) is 5. The van der Waals surface area contributed by atoms with Crippen LogP contribution >= 0.6 is 0 Å². The number of aromatic nitrogens is 5. The van der Waals surface area contributed by atoms with E-state index in [2.05, 4.69) is 35.3 Å². The van der Waals surface area contributed by atoms with Crippen molar-refractivity contribution in [1.82, 2.24) is 34.7 Å². The van der Waals surface area contributed by atoms with Gasteiger partial charge < -0.3 is 29.8 Å². The van der Waals surface area contributed by atoms with Crippen LogP contribution in [0.2, 0.25) is 0 Å². The van der Waals surface area contributed by atoms with Gasteiger partial charge in [-0.05, 0) is 42.7 Å². The molecule has 13 nitrogen and oxygen atoms in total. The first-order valence-electron chi connectivity index (χ1n) is 13.4. The smallest absolute Gasteiger partial charge is 0.407 e. The number of amides is 3. The van der Waals surface area contributed by atoms with Gasteiger partial charge in [0.05, 0.1) is 19.3 Å². The molecule has 3 heterocycles. The summed E-state index contributed by atoms with van der Waals surface area (Å²) in [5, 5.41) is 5.07. The molecule has 43 heavy (non-hydrogen) atoms. The van der Waals surface area contributed by atoms with E-state index in [4.69, 9.17) is 0 Å². The number of imidazole rings is 1. The summed E-state index contributed by atoms with van der Waals surface area (Å²) in [4.78, 5) is 67.7. The van der Waals surface area contributed by atoms with Crippen LogP contribution in [0, 0.1) is 0 Å². The Kier molecular flexibility index (Phi) is 10.1. The molecular weight excluding hydrogens is 552 g/mol. The van der Waals surface area contributed by atoms with Crippen molar-refractivity contribution in [3.8, 4) is 0 Å². The first-order chi connectivity index (χ1) is 20.7. The number of ether oxygens (including phenoxy) is 1. The third-order valence-electron chi connectivity index (χ3n) is 6.31. The average Bonchev–Trinajstić information content (AvgIpc) is 3.43. The van der Waals surface area contributed by atoms with Crippen LogP contribution in [-0.2, 0) is 20.9 Å². The van der Waals surface area contributed by atoms with Gasteiger partial charge in [-0.2, -0.15) is 0 Å². The second kappa shape index (κ2) is 14.3. The highest BCUT2D eigenvalue weighted by Crippen LogP contribution is 2.16. The number of methoxy groups -OCH3 is 1. The maximum absolute atomic E-state index is 13.3. The van der Waals surface area contributed by atoms with Crippen molar-refractivity contribution in [1.29, 1.82) is 0 Å². The van der Waals surface area contributed by atoms with Crippen molar-refractivity contribution < 1.29 is 19.1 Å². The normalized spacial score (nSPS) is 12.0. The Morgan fingerprint density at radius 1 is 1.09 bits per heavy atom. The standard InChI is InChI=1S/C30H32N8O5/c1-37(2)25(39)14-8-7-12-22(34-30(42)43-3)28(40)33-23-13-9-17-38(29(23)41)18-24-35-26-21(31-19-32-27(26)36-24)16-15-20-10-5-4-6-11-20/h4-6,8-11,13-17,19,22H,7,12,18H2,1-3H3,(H,33,40)(H,34,42)(H,31,32,35,36)/b14-8+,16-15+/t22-/m0/s1. The molecule has 0 saturated carbocycles. The van der Waals surface area contributed by atoms with Crippen molar-refractivity contribution in [2.24, 2.45) is 0 Å². The van der Waals surface area contributed by atoms with E-state index < -0.39 is 23.6 Å². The monoisotopic (exact) mass is 584 g/mol. The summed E-state index contributed by atoms with van der Waals surface area (Å²) in [6.07, 6.45) is 9.46. The minimum absolute atomic E-state index is 0.0184. The number of likely N-dealkylation sites (N-methyl/N-ethyl adjacent to an activating group) is 1. The first kappa shape index (κ1) is 30.4. The molecule has 3 amide bonds. The Morgan fingerprint density at radius 3 is 2.63 bits per heavy atom. The van der Waals surface area contributed by atoms with Crippen LogP contribution < -0.4 is 16.2 Å². The number of allylic oxidation sites excluding steroid dienone is 1. The third kappa shape index (κ3) is 8.22. The zero-order chi connectivity index (χ0) is 30.8. The summed E-state index contributed by atoms with van der Waals surface area (Å²) in [5.41, 5.74) is 2.25. The Bertz CT molecular complexity index is 1710. The number of H-pyrrole nitrogens is 1. The van der Waals surface area contributed by atoms with E-state index in [9.17, 15) is 19.2 Å². The van der Waals surface area contributed by atoms with Crippen LogP contribution in [0.4, 0.5) is 10.5 Å². The maximum atomic E-state index is 13.3. The summed E-state index contributed by atoms with van der Waals surface area (Å²) in [7, 11) is 4.43. The molecule has 0 unspecified atom stereocenters. The minimum Gasteiger partial charge on any atom is -0.453 e. The molecule has 222 valence electrons. The molecule has 13 heteroatoms. The number of fused-ring (bicyclic) bond motifs is 1. The minimum atomic E-state index is -1.02. The zero-order valence-electron chi connectivity index (χ0n) is 24.0. The number of carbonyl (C=O) groups is 3. The number of nitrogens with one attached hydrogen (secondary N) is 3. The quantitative estimate of drug-likeness (QED) is 0.227. The van der Waals surface area contributed by atoms with Gasteiger partial charge in [-0.3, -0.25) is 14.4 Å². The SMILES string of the molecule is COC(=O)N[C@@H](CC/C=C/C(=O)N(C)C)C(=O)Nc1cccn(Cc2nc3c(/C=C/c4ccccc4)ncnc3[nH]2)c1=O. The number of benzene rings is 1. The number of pyridine rings is 1. The summed E-state index contributed by atoms with van der Waals surface area (Å²) >= 11 is 0. The molecule has 1 aromatic carbocycles. The van der Waals surface area contributed by atoms with Crippen LogP contribution in [0.5, 0.6) is 0 Å². The zero-order valence-corrected chi connectivity index (χ0v) is 24.0. The molecule has 0 bridgehead atoms.